The lowest BCUT2D eigenvalue weighted by Crippen LogP contribution is -2.49. The molecule has 6 heteroatoms. The summed E-state index contributed by atoms with van der Waals surface area (Å²) in [4.78, 5) is 0. The summed E-state index contributed by atoms with van der Waals surface area (Å²) in [5, 5.41) is 11.6. The first kappa shape index (κ1) is 14.9. The minimum Gasteiger partial charge on any atom is -0.394 e. The molecule has 2 N–H and O–H groups in total. The molecular weight excluding hydrogens is 250 g/mol. The Labute approximate surface area is 103 Å². The number of halogens is 4. The average molecular weight is 265 g/mol. The average Bonchev–Trinajstić information content (AvgIpc) is 2.31. The van der Waals surface area contributed by atoms with Crippen LogP contribution in [0.1, 0.15) is 18.9 Å². The molecular formula is C12H15F4NO. The Bertz CT molecular complexity index is 388. The maximum Gasteiger partial charge on any atom is 0.401 e. The summed E-state index contributed by atoms with van der Waals surface area (Å²) in [6.45, 7) is -0.303. The SMILES string of the molecule is CCC(CO)(NCC(F)(F)F)c1ccccc1F. The van der Waals surface area contributed by atoms with Crippen LogP contribution in [0.5, 0.6) is 0 Å². The van der Waals surface area contributed by atoms with Gasteiger partial charge in [0.15, 0.2) is 0 Å². The molecule has 0 saturated heterocycles. The van der Waals surface area contributed by atoms with Crippen molar-refractivity contribution < 1.29 is 22.7 Å². The monoisotopic (exact) mass is 265 g/mol. The zero-order chi connectivity index (χ0) is 13.8. The molecule has 1 aromatic rings. The van der Waals surface area contributed by atoms with Crippen molar-refractivity contribution in [1.29, 1.82) is 0 Å². The normalized spacial score (nSPS) is 15.4. The largest absolute Gasteiger partial charge is 0.401 e. The van der Waals surface area contributed by atoms with Gasteiger partial charge in [0, 0.05) is 5.56 Å². The van der Waals surface area contributed by atoms with Gasteiger partial charge in [0.1, 0.15) is 5.82 Å². The molecule has 0 spiro atoms. The van der Waals surface area contributed by atoms with Gasteiger partial charge < -0.3 is 5.11 Å². The predicted octanol–water partition coefficient (Wildman–Crippen LogP) is 2.58. The van der Waals surface area contributed by atoms with Gasteiger partial charge in [0.05, 0.1) is 18.7 Å². The molecule has 0 heterocycles. The Balaban J connectivity index is 3.04. The molecule has 0 aromatic heterocycles. The Kier molecular flexibility index (Phi) is 4.70. The van der Waals surface area contributed by atoms with Crippen LogP contribution >= 0.6 is 0 Å². The number of benzene rings is 1. The van der Waals surface area contributed by atoms with Crippen molar-refractivity contribution in [3.63, 3.8) is 0 Å². The van der Waals surface area contributed by atoms with Crippen molar-refractivity contribution in [2.24, 2.45) is 0 Å². The zero-order valence-electron chi connectivity index (χ0n) is 9.89. The molecule has 0 fully saturated rings. The van der Waals surface area contributed by atoms with E-state index in [4.69, 9.17) is 0 Å². The third-order valence-electron chi connectivity index (χ3n) is 2.89. The standard InChI is InChI=1S/C12H15F4NO/c1-2-11(8-18,17-7-12(14,15)16)9-5-3-4-6-10(9)13/h3-6,17-18H,2,7-8H2,1H3. The van der Waals surface area contributed by atoms with E-state index >= 15 is 0 Å². The highest BCUT2D eigenvalue weighted by molar-refractivity contribution is 5.26. The van der Waals surface area contributed by atoms with Crippen LogP contribution in [-0.4, -0.2) is 24.4 Å². The molecule has 1 rings (SSSR count). The fraction of sp³-hybridized carbons (Fsp3) is 0.500. The van der Waals surface area contributed by atoms with Crippen LogP contribution in [0.25, 0.3) is 0 Å². The van der Waals surface area contributed by atoms with Gasteiger partial charge >= 0.3 is 6.18 Å². The third-order valence-corrected chi connectivity index (χ3v) is 2.89. The number of hydrogen-bond acceptors (Lipinski definition) is 2. The number of alkyl halides is 3. The van der Waals surface area contributed by atoms with Crippen LogP contribution in [-0.2, 0) is 5.54 Å². The van der Waals surface area contributed by atoms with Crippen LogP contribution < -0.4 is 5.32 Å². The van der Waals surface area contributed by atoms with Gasteiger partial charge in [-0.3, -0.25) is 5.32 Å². The molecule has 1 atom stereocenters. The van der Waals surface area contributed by atoms with Gasteiger partial charge in [-0.25, -0.2) is 4.39 Å². The first-order valence-corrected chi connectivity index (χ1v) is 5.52. The third kappa shape index (κ3) is 3.43. The number of rotatable bonds is 5. The van der Waals surface area contributed by atoms with Crippen molar-refractivity contribution >= 4 is 0 Å². The Hall–Kier alpha value is -1.14. The van der Waals surface area contributed by atoms with Gasteiger partial charge in [-0.15, -0.1) is 0 Å². The van der Waals surface area contributed by atoms with Gasteiger partial charge in [-0.05, 0) is 12.5 Å². The molecule has 0 bridgehead atoms. The van der Waals surface area contributed by atoms with E-state index in [9.17, 15) is 22.7 Å². The van der Waals surface area contributed by atoms with Crippen LogP contribution in [0.3, 0.4) is 0 Å². The van der Waals surface area contributed by atoms with Crippen molar-refractivity contribution in [2.45, 2.75) is 25.1 Å². The lowest BCUT2D eigenvalue weighted by atomic mass is 9.87. The maximum atomic E-state index is 13.6. The van der Waals surface area contributed by atoms with E-state index in [2.05, 4.69) is 5.32 Å². The quantitative estimate of drug-likeness (QED) is 0.802. The van der Waals surface area contributed by atoms with Gasteiger partial charge in [0.2, 0.25) is 0 Å². The molecule has 102 valence electrons. The summed E-state index contributed by atoms with van der Waals surface area (Å²) in [5.41, 5.74) is -1.37. The minimum absolute atomic E-state index is 0.0410. The van der Waals surface area contributed by atoms with E-state index < -0.39 is 30.7 Å². The van der Waals surface area contributed by atoms with Crippen LogP contribution in [0.15, 0.2) is 24.3 Å². The van der Waals surface area contributed by atoms with Crippen LogP contribution in [0.4, 0.5) is 17.6 Å². The summed E-state index contributed by atoms with van der Waals surface area (Å²) < 4.78 is 50.4. The van der Waals surface area contributed by atoms with Crippen molar-refractivity contribution in [3.8, 4) is 0 Å². The molecule has 0 aliphatic heterocycles. The maximum absolute atomic E-state index is 13.6. The van der Waals surface area contributed by atoms with Crippen LogP contribution in [0.2, 0.25) is 0 Å². The van der Waals surface area contributed by atoms with E-state index in [0.717, 1.165) is 6.07 Å². The molecule has 0 amide bonds. The second kappa shape index (κ2) is 5.67. The fourth-order valence-electron chi connectivity index (χ4n) is 1.78. The number of aliphatic hydroxyl groups is 1. The van der Waals surface area contributed by atoms with Crippen molar-refractivity contribution in [2.75, 3.05) is 13.2 Å². The molecule has 1 aromatic carbocycles. The molecule has 0 radical (unpaired) electrons. The second-order valence-electron chi connectivity index (χ2n) is 4.04. The van der Waals surface area contributed by atoms with E-state index in [1.807, 2.05) is 0 Å². The molecule has 18 heavy (non-hydrogen) atoms. The highest BCUT2D eigenvalue weighted by Crippen LogP contribution is 2.28. The Morgan fingerprint density at radius 2 is 1.83 bits per heavy atom. The smallest absolute Gasteiger partial charge is 0.394 e. The summed E-state index contributed by atoms with van der Waals surface area (Å²) in [6.07, 6.45) is -4.28. The van der Waals surface area contributed by atoms with Gasteiger partial charge in [-0.2, -0.15) is 13.2 Å². The number of aliphatic hydroxyl groups excluding tert-OH is 1. The van der Waals surface area contributed by atoms with Crippen molar-refractivity contribution in [3.05, 3.63) is 35.6 Å². The van der Waals surface area contributed by atoms with Crippen LogP contribution in [0, 0.1) is 5.82 Å². The molecule has 0 aliphatic rings. The van der Waals surface area contributed by atoms with E-state index in [0.29, 0.717) is 0 Å². The number of hydrogen-bond donors (Lipinski definition) is 2. The van der Waals surface area contributed by atoms with E-state index in [-0.39, 0.29) is 12.0 Å². The molecule has 1 unspecified atom stereocenters. The summed E-state index contributed by atoms with van der Waals surface area (Å²) in [5.74, 6) is -0.636. The summed E-state index contributed by atoms with van der Waals surface area (Å²) in [6, 6.07) is 5.50. The first-order valence-electron chi connectivity index (χ1n) is 5.52. The van der Waals surface area contributed by atoms with E-state index in [1.54, 1.807) is 6.92 Å². The summed E-state index contributed by atoms with van der Waals surface area (Å²) in [7, 11) is 0. The van der Waals surface area contributed by atoms with E-state index in [1.165, 1.54) is 18.2 Å². The lowest BCUT2D eigenvalue weighted by molar-refractivity contribution is -0.130. The summed E-state index contributed by atoms with van der Waals surface area (Å²) >= 11 is 0. The minimum atomic E-state index is -4.42. The second-order valence-corrected chi connectivity index (χ2v) is 4.04. The topological polar surface area (TPSA) is 32.3 Å². The zero-order valence-corrected chi connectivity index (χ0v) is 9.89. The molecule has 0 saturated carbocycles. The Morgan fingerprint density at radius 3 is 2.28 bits per heavy atom. The predicted molar refractivity (Wildman–Crippen MR) is 59.5 cm³/mol. The Morgan fingerprint density at radius 1 is 1.22 bits per heavy atom. The first-order chi connectivity index (χ1) is 8.34. The van der Waals surface area contributed by atoms with Gasteiger partial charge in [0.25, 0.3) is 0 Å². The van der Waals surface area contributed by atoms with Gasteiger partial charge in [-0.1, -0.05) is 25.1 Å². The fourth-order valence-corrected chi connectivity index (χ4v) is 1.78. The van der Waals surface area contributed by atoms with Crippen molar-refractivity contribution in [1.82, 2.24) is 5.32 Å². The molecule has 0 aliphatic carbocycles. The number of nitrogens with one attached hydrogen (secondary N) is 1. The lowest BCUT2D eigenvalue weighted by Gasteiger charge is -2.33. The highest BCUT2D eigenvalue weighted by atomic mass is 19.4. The molecule has 2 nitrogen and oxygen atoms in total. The highest BCUT2D eigenvalue weighted by Gasteiger charge is 2.36.